The smallest absolute Gasteiger partial charge is 0.245 e. The highest BCUT2D eigenvalue weighted by Gasteiger charge is 2.27. The normalized spacial score (nSPS) is 13.8. The van der Waals surface area contributed by atoms with E-state index in [4.69, 9.17) is 5.11 Å². The van der Waals surface area contributed by atoms with Gasteiger partial charge in [0.15, 0.2) is 0 Å². The van der Waals surface area contributed by atoms with Crippen LogP contribution in [-0.2, 0) is 16.6 Å². The summed E-state index contributed by atoms with van der Waals surface area (Å²) in [6.07, 6.45) is 1.57. The molecule has 0 aliphatic heterocycles. The van der Waals surface area contributed by atoms with Crippen molar-refractivity contribution in [2.45, 2.75) is 44.2 Å². The van der Waals surface area contributed by atoms with Gasteiger partial charge >= 0.3 is 0 Å². The molecule has 0 heterocycles. The quantitative estimate of drug-likeness (QED) is 0.872. The maximum absolute atomic E-state index is 13.8. The van der Waals surface area contributed by atoms with Crippen molar-refractivity contribution in [1.29, 1.82) is 0 Å². The molecule has 0 spiro atoms. The molecular weight excluding hydrogens is 269 g/mol. The van der Waals surface area contributed by atoms with Gasteiger partial charge in [0.25, 0.3) is 0 Å². The van der Waals surface area contributed by atoms with Crippen molar-refractivity contribution in [3.8, 4) is 0 Å². The van der Waals surface area contributed by atoms with E-state index in [1.165, 1.54) is 23.5 Å². The van der Waals surface area contributed by atoms with Crippen LogP contribution in [0.4, 0.5) is 4.39 Å². The van der Waals surface area contributed by atoms with E-state index in [1.807, 2.05) is 6.92 Å². The van der Waals surface area contributed by atoms with Gasteiger partial charge in [0.2, 0.25) is 10.0 Å². The number of rotatable bonds is 6. The molecule has 0 aliphatic rings. The van der Waals surface area contributed by atoms with Crippen molar-refractivity contribution < 1.29 is 17.9 Å². The van der Waals surface area contributed by atoms with Gasteiger partial charge in [-0.25, -0.2) is 12.8 Å². The Morgan fingerprint density at radius 2 is 2.05 bits per heavy atom. The summed E-state index contributed by atoms with van der Waals surface area (Å²) in [6.45, 7) is 3.44. The van der Waals surface area contributed by atoms with E-state index in [9.17, 15) is 12.8 Å². The Balaban J connectivity index is 3.13. The van der Waals surface area contributed by atoms with Gasteiger partial charge in [-0.1, -0.05) is 19.4 Å². The Morgan fingerprint density at radius 3 is 2.53 bits per heavy atom. The fourth-order valence-corrected chi connectivity index (χ4v) is 3.28. The highest BCUT2D eigenvalue weighted by molar-refractivity contribution is 7.89. The predicted octanol–water partition coefficient (Wildman–Crippen LogP) is 2.13. The minimum Gasteiger partial charge on any atom is -0.392 e. The number of hydrogen-bond acceptors (Lipinski definition) is 3. The van der Waals surface area contributed by atoms with Crippen molar-refractivity contribution in [3.05, 3.63) is 29.6 Å². The zero-order chi connectivity index (χ0) is 14.6. The van der Waals surface area contributed by atoms with Gasteiger partial charge in [-0.15, -0.1) is 0 Å². The maximum Gasteiger partial charge on any atom is 0.245 e. The number of nitrogens with zero attached hydrogens (tertiary/aromatic N) is 1. The summed E-state index contributed by atoms with van der Waals surface area (Å²) in [5, 5.41) is 8.90. The summed E-state index contributed by atoms with van der Waals surface area (Å²) >= 11 is 0. The highest BCUT2D eigenvalue weighted by Crippen LogP contribution is 2.22. The molecule has 1 N–H and O–H groups in total. The second-order valence-electron chi connectivity index (χ2n) is 4.58. The summed E-state index contributed by atoms with van der Waals surface area (Å²) in [7, 11) is -2.39. The van der Waals surface area contributed by atoms with Gasteiger partial charge in [0.1, 0.15) is 10.7 Å². The fraction of sp³-hybridized carbons (Fsp3) is 0.538. The summed E-state index contributed by atoms with van der Waals surface area (Å²) in [4.78, 5) is -0.352. The first-order chi connectivity index (χ1) is 8.84. The van der Waals surface area contributed by atoms with E-state index >= 15 is 0 Å². The molecule has 0 aliphatic carbocycles. The van der Waals surface area contributed by atoms with E-state index < -0.39 is 15.8 Å². The zero-order valence-corrected chi connectivity index (χ0v) is 12.2. The van der Waals surface area contributed by atoms with Crippen LogP contribution in [0.5, 0.6) is 0 Å². The Bertz CT molecular complexity index is 531. The molecule has 0 fully saturated rings. The Morgan fingerprint density at radius 1 is 1.42 bits per heavy atom. The molecule has 1 aromatic rings. The van der Waals surface area contributed by atoms with Gasteiger partial charge in [-0.2, -0.15) is 4.31 Å². The van der Waals surface area contributed by atoms with E-state index in [1.54, 1.807) is 6.92 Å². The van der Waals surface area contributed by atoms with Crippen LogP contribution in [0.25, 0.3) is 0 Å². The number of halogens is 1. The average Bonchev–Trinajstić information content (AvgIpc) is 2.37. The van der Waals surface area contributed by atoms with E-state index in [-0.39, 0.29) is 17.5 Å². The lowest BCUT2D eigenvalue weighted by Crippen LogP contribution is -2.35. The lowest BCUT2D eigenvalue weighted by Gasteiger charge is -2.24. The first kappa shape index (κ1) is 16.1. The number of hydrogen-bond donors (Lipinski definition) is 1. The first-order valence-corrected chi connectivity index (χ1v) is 7.66. The topological polar surface area (TPSA) is 57.6 Å². The first-order valence-electron chi connectivity index (χ1n) is 6.21. The lowest BCUT2D eigenvalue weighted by molar-refractivity contribution is 0.281. The molecule has 0 saturated carbocycles. The Kier molecular flexibility index (Phi) is 5.46. The third-order valence-corrected chi connectivity index (χ3v) is 5.17. The van der Waals surface area contributed by atoms with Gasteiger partial charge in [-0.3, -0.25) is 0 Å². The molecule has 19 heavy (non-hydrogen) atoms. The van der Waals surface area contributed by atoms with Crippen molar-refractivity contribution in [2.75, 3.05) is 7.05 Å². The SMILES string of the molecule is CCCC(C)N(C)S(=O)(=O)c1ccc(CO)cc1F. The van der Waals surface area contributed by atoms with E-state index in [2.05, 4.69) is 0 Å². The molecule has 4 nitrogen and oxygen atoms in total. The molecule has 0 saturated heterocycles. The van der Waals surface area contributed by atoms with Crippen LogP contribution in [0.1, 0.15) is 32.3 Å². The van der Waals surface area contributed by atoms with E-state index in [0.717, 1.165) is 12.5 Å². The molecule has 1 unspecified atom stereocenters. The third-order valence-electron chi connectivity index (χ3n) is 3.16. The fourth-order valence-electron chi connectivity index (χ4n) is 1.84. The minimum atomic E-state index is -3.84. The monoisotopic (exact) mass is 289 g/mol. The van der Waals surface area contributed by atoms with Crippen LogP contribution in [0, 0.1) is 5.82 Å². The van der Waals surface area contributed by atoms with Crippen molar-refractivity contribution in [2.24, 2.45) is 0 Å². The number of aliphatic hydroxyl groups excluding tert-OH is 1. The molecule has 108 valence electrons. The van der Waals surface area contributed by atoms with Crippen LogP contribution in [0.15, 0.2) is 23.1 Å². The molecule has 0 amide bonds. The standard InChI is InChI=1S/C13H20FNO3S/c1-4-5-10(2)15(3)19(17,18)13-7-6-11(9-16)8-12(13)14/h6-8,10,16H,4-5,9H2,1-3H3. The second-order valence-corrected chi connectivity index (χ2v) is 6.55. The molecule has 1 aromatic carbocycles. The molecule has 6 heteroatoms. The summed E-state index contributed by atoms with van der Waals surface area (Å²) in [5.41, 5.74) is 0.348. The van der Waals surface area contributed by atoms with Crippen molar-refractivity contribution >= 4 is 10.0 Å². The van der Waals surface area contributed by atoms with Crippen molar-refractivity contribution in [3.63, 3.8) is 0 Å². The summed E-state index contributed by atoms with van der Waals surface area (Å²) < 4.78 is 39.6. The van der Waals surface area contributed by atoms with Crippen LogP contribution < -0.4 is 0 Å². The number of aliphatic hydroxyl groups is 1. The molecular formula is C13H20FNO3S. The zero-order valence-electron chi connectivity index (χ0n) is 11.4. The molecule has 0 aromatic heterocycles. The van der Waals surface area contributed by atoms with Gasteiger partial charge in [0.05, 0.1) is 6.61 Å². The van der Waals surface area contributed by atoms with Crippen LogP contribution in [0.3, 0.4) is 0 Å². The van der Waals surface area contributed by atoms with E-state index in [0.29, 0.717) is 12.0 Å². The second kappa shape index (κ2) is 6.45. The summed E-state index contributed by atoms with van der Waals surface area (Å²) in [5.74, 6) is -0.831. The van der Waals surface area contributed by atoms with Crippen LogP contribution >= 0.6 is 0 Å². The van der Waals surface area contributed by atoms with Gasteiger partial charge < -0.3 is 5.11 Å². The Hall–Kier alpha value is -0.980. The molecule has 0 radical (unpaired) electrons. The third kappa shape index (κ3) is 3.52. The maximum atomic E-state index is 13.8. The molecule has 1 rings (SSSR count). The molecule has 1 atom stereocenters. The summed E-state index contributed by atoms with van der Waals surface area (Å²) in [6, 6.07) is 3.47. The highest BCUT2D eigenvalue weighted by atomic mass is 32.2. The molecule has 0 bridgehead atoms. The average molecular weight is 289 g/mol. The van der Waals surface area contributed by atoms with Gasteiger partial charge in [0, 0.05) is 13.1 Å². The van der Waals surface area contributed by atoms with Crippen LogP contribution in [0.2, 0.25) is 0 Å². The minimum absolute atomic E-state index is 0.188. The Labute approximate surface area is 113 Å². The number of benzene rings is 1. The largest absolute Gasteiger partial charge is 0.392 e. The lowest BCUT2D eigenvalue weighted by atomic mass is 10.2. The van der Waals surface area contributed by atoms with Crippen LogP contribution in [-0.4, -0.2) is 30.9 Å². The number of sulfonamides is 1. The van der Waals surface area contributed by atoms with Gasteiger partial charge in [-0.05, 0) is 31.0 Å². The van der Waals surface area contributed by atoms with Crippen molar-refractivity contribution in [1.82, 2.24) is 4.31 Å². The predicted molar refractivity (Wildman–Crippen MR) is 71.6 cm³/mol.